The van der Waals surface area contributed by atoms with Crippen LogP contribution in [0.5, 0.6) is 5.75 Å². The molecular weight excluding hydrogens is 465 g/mol. The Balaban J connectivity index is 1.58. The summed E-state index contributed by atoms with van der Waals surface area (Å²) in [6.07, 6.45) is -0.0160. The van der Waals surface area contributed by atoms with Crippen LogP contribution in [0.1, 0.15) is 34.1 Å². The standard InChI is InChI=1S/C23H20FN3O6S/c24-15-7-5-14(6-8-15)13-25-10-11-26-19(21(25)29)20(28)22(30)27(23(26)31)17-9-12-34(32,33)18-4-2-1-3-16(17)18/h1-8,17,28H,9-13H2. The number of nitrogens with zero attached hydrogens (tertiary/aromatic N) is 3. The van der Waals surface area contributed by atoms with Gasteiger partial charge in [0, 0.05) is 19.6 Å². The average Bonchev–Trinajstić information content (AvgIpc) is 2.82. The fourth-order valence-electron chi connectivity index (χ4n) is 4.63. The van der Waals surface area contributed by atoms with E-state index < -0.39 is 50.3 Å². The van der Waals surface area contributed by atoms with E-state index in [1.54, 1.807) is 18.2 Å². The topological polar surface area (TPSA) is 119 Å². The Morgan fingerprint density at radius 2 is 1.71 bits per heavy atom. The molecule has 3 aromatic rings. The molecule has 0 saturated heterocycles. The van der Waals surface area contributed by atoms with E-state index >= 15 is 0 Å². The van der Waals surface area contributed by atoms with Crippen molar-refractivity contribution < 1.29 is 22.7 Å². The number of carbonyl (C=O) groups is 1. The number of hydrogen-bond acceptors (Lipinski definition) is 6. The number of sulfone groups is 1. The second-order valence-electron chi connectivity index (χ2n) is 8.32. The number of halogens is 1. The Kier molecular flexibility index (Phi) is 5.16. The first-order valence-corrected chi connectivity index (χ1v) is 12.3. The number of fused-ring (bicyclic) bond motifs is 2. The molecule has 2 aromatic carbocycles. The first kappa shape index (κ1) is 22.1. The zero-order chi connectivity index (χ0) is 24.2. The third kappa shape index (κ3) is 3.43. The molecule has 2 aliphatic heterocycles. The fourth-order valence-corrected chi connectivity index (χ4v) is 6.23. The van der Waals surface area contributed by atoms with Crippen LogP contribution in [0, 0.1) is 5.82 Å². The Labute approximate surface area is 193 Å². The van der Waals surface area contributed by atoms with Gasteiger partial charge in [-0.2, -0.15) is 0 Å². The van der Waals surface area contributed by atoms with Gasteiger partial charge in [-0.3, -0.25) is 14.2 Å². The molecule has 0 saturated carbocycles. The lowest BCUT2D eigenvalue weighted by Crippen LogP contribution is -2.51. The van der Waals surface area contributed by atoms with Crippen LogP contribution in [0.15, 0.2) is 63.0 Å². The number of benzene rings is 2. The van der Waals surface area contributed by atoms with Crippen molar-refractivity contribution in [3.05, 3.63) is 92.0 Å². The van der Waals surface area contributed by atoms with Gasteiger partial charge in [0.15, 0.2) is 15.5 Å². The fraction of sp³-hybridized carbons (Fsp3) is 0.261. The van der Waals surface area contributed by atoms with Gasteiger partial charge >= 0.3 is 5.69 Å². The molecule has 1 N–H and O–H groups in total. The molecule has 2 aliphatic rings. The minimum Gasteiger partial charge on any atom is -0.501 e. The summed E-state index contributed by atoms with van der Waals surface area (Å²) in [6.45, 7) is 0.279. The van der Waals surface area contributed by atoms with Gasteiger partial charge in [0.1, 0.15) is 5.82 Å². The number of rotatable bonds is 3. The van der Waals surface area contributed by atoms with Crippen LogP contribution >= 0.6 is 0 Å². The highest BCUT2D eigenvalue weighted by molar-refractivity contribution is 7.91. The van der Waals surface area contributed by atoms with Crippen LogP contribution in [0.4, 0.5) is 4.39 Å². The molecule has 5 rings (SSSR count). The number of aromatic nitrogens is 2. The van der Waals surface area contributed by atoms with Crippen LogP contribution in [0.2, 0.25) is 0 Å². The summed E-state index contributed by atoms with van der Waals surface area (Å²) >= 11 is 0. The lowest BCUT2D eigenvalue weighted by Gasteiger charge is -2.32. The Hall–Kier alpha value is -3.73. The van der Waals surface area contributed by atoms with Gasteiger partial charge in [0.25, 0.3) is 11.5 Å². The second-order valence-corrected chi connectivity index (χ2v) is 10.4. The third-order valence-electron chi connectivity index (χ3n) is 6.31. The number of hydrogen-bond donors (Lipinski definition) is 1. The first-order valence-electron chi connectivity index (χ1n) is 10.6. The predicted molar refractivity (Wildman–Crippen MR) is 119 cm³/mol. The van der Waals surface area contributed by atoms with Gasteiger partial charge in [-0.15, -0.1) is 0 Å². The second kappa shape index (κ2) is 7.94. The lowest BCUT2D eigenvalue weighted by atomic mass is 10.0. The van der Waals surface area contributed by atoms with E-state index in [0.717, 1.165) is 9.13 Å². The normalized spacial score (nSPS) is 18.9. The van der Waals surface area contributed by atoms with Crippen LogP contribution < -0.4 is 11.2 Å². The van der Waals surface area contributed by atoms with Crippen molar-refractivity contribution in [3.63, 3.8) is 0 Å². The lowest BCUT2D eigenvalue weighted by molar-refractivity contribution is 0.0677. The van der Waals surface area contributed by atoms with Gasteiger partial charge in [0.05, 0.1) is 16.7 Å². The van der Waals surface area contributed by atoms with Crippen molar-refractivity contribution in [3.8, 4) is 5.75 Å². The Morgan fingerprint density at radius 1 is 1.00 bits per heavy atom. The van der Waals surface area contributed by atoms with Gasteiger partial charge in [-0.1, -0.05) is 30.3 Å². The molecule has 1 atom stereocenters. The molecule has 1 aromatic heterocycles. The van der Waals surface area contributed by atoms with Gasteiger partial charge in [-0.25, -0.2) is 22.2 Å². The van der Waals surface area contributed by atoms with Crippen molar-refractivity contribution in [1.29, 1.82) is 0 Å². The van der Waals surface area contributed by atoms with E-state index in [-0.39, 0.29) is 36.7 Å². The SMILES string of the molecule is O=C1c2c(O)c(=O)n(C3CCS(=O)(=O)c4ccccc43)c(=O)n2CCN1Cc1ccc(F)cc1. The minimum atomic E-state index is -3.56. The zero-order valence-electron chi connectivity index (χ0n) is 17.8. The summed E-state index contributed by atoms with van der Waals surface area (Å²) in [7, 11) is -3.56. The summed E-state index contributed by atoms with van der Waals surface area (Å²) in [6, 6.07) is 10.8. The molecule has 9 nitrogen and oxygen atoms in total. The molecule has 1 amide bonds. The van der Waals surface area contributed by atoms with E-state index in [1.807, 2.05) is 0 Å². The smallest absolute Gasteiger partial charge is 0.332 e. The van der Waals surface area contributed by atoms with E-state index in [0.29, 0.717) is 11.1 Å². The molecule has 3 heterocycles. The molecule has 0 radical (unpaired) electrons. The molecule has 1 unspecified atom stereocenters. The first-order chi connectivity index (χ1) is 16.2. The van der Waals surface area contributed by atoms with Crippen LogP contribution in [0.3, 0.4) is 0 Å². The summed E-state index contributed by atoms with van der Waals surface area (Å²) in [5.41, 5.74) is -1.29. The van der Waals surface area contributed by atoms with Crippen LogP contribution in [0.25, 0.3) is 0 Å². The van der Waals surface area contributed by atoms with Crippen LogP contribution in [-0.4, -0.2) is 45.8 Å². The largest absolute Gasteiger partial charge is 0.501 e. The quantitative estimate of drug-likeness (QED) is 0.597. The van der Waals surface area contributed by atoms with Gasteiger partial charge < -0.3 is 10.0 Å². The molecule has 0 spiro atoms. The highest BCUT2D eigenvalue weighted by atomic mass is 32.2. The van der Waals surface area contributed by atoms with Crippen molar-refractivity contribution in [1.82, 2.24) is 14.0 Å². The average molecular weight is 485 g/mol. The van der Waals surface area contributed by atoms with Crippen LogP contribution in [-0.2, 0) is 22.9 Å². The van der Waals surface area contributed by atoms with Crippen molar-refractivity contribution in [2.45, 2.75) is 30.4 Å². The highest BCUT2D eigenvalue weighted by Crippen LogP contribution is 2.34. The van der Waals surface area contributed by atoms with Crippen molar-refractivity contribution in [2.75, 3.05) is 12.3 Å². The highest BCUT2D eigenvalue weighted by Gasteiger charge is 2.37. The summed E-state index contributed by atoms with van der Waals surface area (Å²) in [4.78, 5) is 41.0. The van der Waals surface area contributed by atoms with E-state index in [4.69, 9.17) is 0 Å². The maximum atomic E-state index is 13.4. The maximum Gasteiger partial charge on any atom is 0.332 e. The summed E-state index contributed by atoms with van der Waals surface area (Å²) < 4.78 is 40.0. The van der Waals surface area contributed by atoms with E-state index in [2.05, 4.69) is 0 Å². The third-order valence-corrected chi connectivity index (χ3v) is 8.12. The summed E-state index contributed by atoms with van der Waals surface area (Å²) in [5, 5.41) is 10.7. The van der Waals surface area contributed by atoms with Gasteiger partial charge in [-0.05, 0) is 35.7 Å². The molecule has 11 heteroatoms. The van der Waals surface area contributed by atoms with E-state index in [9.17, 15) is 32.3 Å². The number of carbonyl (C=O) groups excluding carboxylic acids is 1. The van der Waals surface area contributed by atoms with Gasteiger partial charge in [0.2, 0.25) is 5.75 Å². The summed E-state index contributed by atoms with van der Waals surface area (Å²) in [5.74, 6) is -2.23. The number of amides is 1. The minimum absolute atomic E-state index is 0.0160. The van der Waals surface area contributed by atoms with E-state index in [1.165, 1.54) is 35.2 Å². The Morgan fingerprint density at radius 3 is 2.44 bits per heavy atom. The molecule has 34 heavy (non-hydrogen) atoms. The van der Waals surface area contributed by atoms with Crippen molar-refractivity contribution in [2.24, 2.45) is 0 Å². The molecule has 0 bridgehead atoms. The zero-order valence-corrected chi connectivity index (χ0v) is 18.7. The number of aromatic hydroxyl groups is 1. The Bertz CT molecular complexity index is 1540. The maximum absolute atomic E-state index is 13.4. The molecule has 0 fully saturated rings. The predicted octanol–water partition coefficient (Wildman–Crippen LogP) is 1.28. The molecular formula is C23H20FN3O6S. The molecule has 176 valence electrons. The molecule has 0 aliphatic carbocycles. The monoisotopic (exact) mass is 485 g/mol. The van der Waals surface area contributed by atoms with Crippen molar-refractivity contribution >= 4 is 15.7 Å².